The molecule has 66 heavy (non-hydrogen) atoms. The molecule has 0 bridgehead atoms. The Kier molecular flexibility index (Phi) is 17.1. The molecule has 2 saturated heterocycles. The second-order valence-corrected chi connectivity index (χ2v) is 17.7. The van der Waals surface area contributed by atoms with E-state index in [1.165, 1.54) is 12.4 Å². The first-order valence-corrected chi connectivity index (χ1v) is 21.7. The Labute approximate surface area is 384 Å². The van der Waals surface area contributed by atoms with Crippen LogP contribution in [-0.4, -0.2) is 167 Å². The van der Waals surface area contributed by atoms with E-state index in [0.717, 1.165) is 33.1 Å². The molecule has 3 aliphatic rings. The number of rotatable bonds is 14. The maximum atomic E-state index is 13.2. The summed E-state index contributed by atoms with van der Waals surface area (Å²) in [6.07, 6.45) is 3.63. The number of nitrogens with zero attached hydrogens (tertiary/aromatic N) is 6. The predicted octanol–water partition coefficient (Wildman–Crippen LogP) is 2.23. The van der Waals surface area contributed by atoms with Gasteiger partial charge in [-0.05, 0) is 76.9 Å². The van der Waals surface area contributed by atoms with Crippen molar-refractivity contribution in [1.29, 1.82) is 0 Å². The van der Waals surface area contributed by atoms with Crippen molar-refractivity contribution in [2.75, 3.05) is 78.7 Å². The monoisotopic (exact) mass is 916 g/mol. The minimum atomic E-state index is -0.602. The van der Waals surface area contributed by atoms with Crippen LogP contribution in [0.3, 0.4) is 0 Å². The summed E-state index contributed by atoms with van der Waals surface area (Å²) >= 11 is 0. The fraction of sp³-hybridized carbons (Fsp3) is 0.478. The molecule has 5 rings (SSSR count). The van der Waals surface area contributed by atoms with Gasteiger partial charge in [0.05, 0.1) is 0 Å². The summed E-state index contributed by atoms with van der Waals surface area (Å²) in [4.78, 5) is 111. The summed E-state index contributed by atoms with van der Waals surface area (Å²) in [5.41, 5.74) is 0.438. The van der Waals surface area contributed by atoms with Crippen molar-refractivity contribution in [3.63, 3.8) is 0 Å². The molecule has 0 unspecified atom stereocenters. The van der Waals surface area contributed by atoms with Gasteiger partial charge in [-0.3, -0.25) is 28.8 Å². The van der Waals surface area contributed by atoms with Crippen LogP contribution in [-0.2, 0) is 51.3 Å². The molecule has 8 amide bonds. The smallest absolute Gasteiger partial charge is 0.407 e. The molecule has 2 fully saturated rings. The molecular formula is C46H60N8O12. The molecule has 2 aromatic rings. The van der Waals surface area contributed by atoms with E-state index in [0.29, 0.717) is 11.5 Å². The van der Waals surface area contributed by atoms with E-state index < -0.39 is 35.2 Å². The molecule has 356 valence electrons. The van der Waals surface area contributed by atoms with E-state index >= 15 is 0 Å². The van der Waals surface area contributed by atoms with Crippen LogP contribution in [0.15, 0.2) is 73.1 Å². The molecular weight excluding hydrogens is 857 g/mol. The van der Waals surface area contributed by atoms with Crippen molar-refractivity contribution < 1.29 is 57.3 Å². The molecule has 2 aromatic carbocycles. The summed E-state index contributed by atoms with van der Waals surface area (Å²) in [7, 11) is 0. The van der Waals surface area contributed by atoms with Crippen molar-refractivity contribution in [2.24, 2.45) is 0 Å². The highest BCUT2D eigenvalue weighted by Gasteiger charge is 2.29. The van der Waals surface area contributed by atoms with E-state index in [1.54, 1.807) is 110 Å². The number of hydrogen-bond acceptors (Lipinski definition) is 12. The largest absolute Gasteiger partial charge is 0.484 e. The van der Waals surface area contributed by atoms with Crippen LogP contribution in [0.4, 0.5) is 9.59 Å². The van der Waals surface area contributed by atoms with Crippen LogP contribution in [0.5, 0.6) is 11.5 Å². The molecule has 0 aliphatic carbocycles. The molecule has 0 atom stereocenters. The van der Waals surface area contributed by atoms with Gasteiger partial charge in [0.2, 0.25) is 11.8 Å². The summed E-state index contributed by atoms with van der Waals surface area (Å²) < 4.78 is 21.8. The number of nitrogens with one attached hydrogen (secondary N) is 2. The average Bonchev–Trinajstić information content (AvgIpc) is 3.27. The fourth-order valence-corrected chi connectivity index (χ4v) is 6.67. The van der Waals surface area contributed by atoms with Gasteiger partial charge in [-0.15, -0.1) is 0 Å². The highest BCUT2D eigenvalue weighted by molar-refractivity contribution is 5.97. The maximum absolute atomic E-state index is 13.2. The predicted molar refractivity (Wildman–Crippen MR) is 238 cm³/mol. The van der Waals surface area contributed by atoms with E-state index in [-0.39, 0.29) is 115 Å². The first-order valence-electron chi connectivity index (χ1n) is 21.7. The lowest BCUT2D eigenvalue weighted by molar-refractivity contribution is -0.142. The lowest BCUT2D eigenvalue weighted by Crippen LogP contribution is -2.53. The standard InChI is InChI=1S/C46H60N8O12/c1-45(2,3)65-43(61)47-27-33-7-11-35(12-8-33)63-31-41(59)51-23-19-49(20-24-51)39(57)29-53-17-15-38(56)54(18-16-37(53)55)30-40(58)50-21-25-52(26-22-50)42(60)32-64-36-13-9-34(10-14-36)28-48-44(62)66-46(4,5)6/h7-18H,19-32H2,1-6H3,(H,47,61)(H,48,62)/b17-15-,18-16-. The van der Waals surface area contributed by atoms with E-state index in [2.05, 4.69) is 10.6 Å². The highest BCUT2D eigenvalue weighted by atomic mass is 16.6. The van der Waals surface area contributed by atoms with Gasteiger partial charge in [-0.2, -0.15) is 0 Å². The van der Waals surface area contributed by atoms with Crippen molar-refractivity contribution in [3.05, 3.63) is 84.2 Å². The van der Waals surface area contributed by atoms with Crippen LogP contribution in [0.25, 0.3) is 0 Å². The third-order valence-electron chi connectivity index (χ3n) is 10.2. The van der Waals surface area contributed by atoms with Crippen LogP contribution >= 0.6 is 0 Å². The Balaban J connectivity index is 0.971. The zero-order chi connectivity index (χ0) is 48.0. The number of carbonyl (C=O) groups excluding carboxylic acids is 8. The maximum Gasteiger partial charge on any atom is 0.407 e. The number of hydrogen-bond donors (Lipinski definition) is 2. The lowest BCUT2D eigenvalue weighted by atomic mass is 10.2. The Morgan fingerprint density at radius 2 is 0.788 bits per heavy atom. The molecule has 0 aromatic heterocycles. The van der Waals surface area contributed by atoms with E-state index in [4.69, 9.17) is 18.9 Å². The Hall–Kier alpha value is -7.12. The quantitative estimate of drug-likeness (QED) is 0.279. The van der Waals surface area contributed by atoms with Gasteiger partial charge in [-0.1, -0.05) is 24.3 Å². The first kappa shape index (κ1) is 49.9. The lowest BCUT2D eigenvalue weighted by Gasteiger charge is -2.36. The van der Waals surface area contributed by atoms with Gasteiger partial charge in [0.1, 0.15) is 35.8 Å². The molecule has 0 saturated carbocycles. The van der Waals surface area contributed by atoms with Crippen LogP contribution in [0, 0.1) is 0 Å². The normalized spacial score (nSPS) is 16.7. The van der Waals surface area contributed by atoms with E-state index in [9.17, 15) is 38.4 Å². The first-order chi connectivity index (χ1) is 31.2. The summed E-state index contributed by atoms with van der Waals surface area (Å²) in [5.74, 6) is -1.41. The molecule has 2 N–H and O–H groups in total. The third-order valence-corrected chi connectivity index (χ3v) is 10.2. The number of benzene rings is 2. The van der Waals surface area contributed by atoms with Crippen molar-refractivity contribution in [2.45, 2.75) is 65.8 Å². The van der Waals surface area contributed by atoms with Crippen molar-refractivity contribution in [1.82, 2.24) is 40.0 Å². The Morgan fingerprint density at radius 1 is 0.485 bits per heavy atom. The Morgan fingerprint density at radius 3 is 1.09 bits per heavy atom. The van der Waals surface area contributed by atoms with Crippen molar-refractivity contribution >= 4 is 47.6 Å². The average molecular weight is 917 g/mol. The molecule has 3 aliphatic heterocycles. The van der Waals surface area contributed by atoms with Gasteiger partial charge in [-0.25, -0.2) is 9.59 Å². The van der Waals surface area contributed by atoms with Crippen LogP contribution in [0.1, 0.15) is 52.7 Å². The zero-order valence-electron chi connectivity index (χ0n) is 38.4. The Bertz CT molecular complexity index is 1980. The molecule has 0 radical (unpaired) electrons. The van der Waals surface area contributed by atoms with Gasteiger partial charge in [0.25, 0.3) is 23.6 Å². The second-order valence-electron chi connectivity index (χ2n) is 17.7. The molecule has 20 heteroatoms. The molecule has 20 nitrogen and oxygen atoms in total. The number of alkyl carbamates (subject to hydrolysis) is 2. The summed E-state index contributed by atoms with van der Waals surface area (Å²) in [5, 5.41) is 5.37. The summed E-state index contributed by atoms with van der Waals surface area (Å²) in [6.45, 7) is 12.2. The zero-order valence-corrected chi connectivity index (χ0v) is 38.4. The molecule has 3 heterocycles. The highest BCUT2D eigenvalue weighted by Crippen LogP contribution is 2.16. The van der Waals surface area contributed by atoms with Gasteiger partial charge in [0, 0.05) is 90.0 Å². The summed E-state index contributed by atoms with van der Waals surface area (Å²) in [6, 6.07) is 13.9. The van der Waals surface area contributed by atoms with Crippen LogP contribution < -0.4 is 20.1 Å². The van der Waals surface area contributed by atoms with E-state index in [1.807, 2.05) is 0 Å². The number of amides is 8. The van der Waals surface area contributed by atoms with Gasteiger partial charge in [0.15, 0.2) is 13.2 Å². The van der Waals surface area contributed by atoms with Crippen molar-refractivity contribution in [3.8, 4) is 11.5 Å². The minimum absolute atomic E-state index is 0.202. The SMILES string of the molecule is CC(C)(C)OC(=O)NCc1ccc(OCC(=O)N2CCN(C(=O)CN3/C=C\C(=O)N(CC(=O)N4CCN(C(=O)COc5ccc(CNC(=O)OC(C)(C)C)cc5)CC4)/C=C\C3=O)CC2)cc1. The molecule has 0 spiro atoms. The fourth-order valence-electron chi connectivity index (χ4n) is 6.67. The second kappa shape index (κ2) is 22.7. The number of piperazine rings is 2. The van der Waals surface area contributed by atoms with Crippen LogP contribution in [0.2, 0.25) is 0 Å². The van der Waals surface area contributed by atoms with Gasteiger partial charge < -0.3 is 59.0 Å². The van der Waals surface area contributed by atoms with Gasteiger partial charge >= 0.3 is 12.2 Å². The number of carbonyl (C=O) groups is 8. The third kappa shape index (κ3) is 16.1. The number of ether oxygens (including phenoxy) is 4. The topological polar surface area (TPSA) is 217 Å². The minimum Gasteiger partial charge on any atom is -0.484 e.